The average Bonchev–Trinajstić information content (AvgIpc) is 3.25. The first kappa shape index (κ1) is 22.1. The second-order valence-corrected chi connectivity index (χ2v) is 8.35. The molecule has 0 saturated carbocycles. The Kier molecular flexibility index (Phi) is 7.24. The van der Waals surface area contributed by atoms with Gasteiger partial charge in [-0.15, -0.1) is 16.8 Å². The number of aromatic nitrogens is 3. The lowest BCUT2D eigenvalue weighted by molar-refractivity contribution is -0.134. The van der Waals surface area contributed by atoms with Crippen molar-refractivity contribution in [2.24, 2.45) is 0 Å². The normalized spacial score (nSPS) is 14.7. The summed E-state index contributed by atoms with van der Waals surface area (Å²) in [5.41, 5.74) is 1.86. The monoisotopic (exact) mass is 450 g/mol. The number of thioether (sulfide) groups is 1. The molecule has 3 aromatic rings. The number of amides is 1. The van der Waals surface area contributed by atoms with Crippen LogP contribution in [-0.2, 0) is 16.1 Å². The molecule has 1 saturated heterocycles. The molecule has 1 fully saturated rings. The number of hydrogen-bond donors (Lipinski definition) is 0. The molecule has 32 heavy (non-hydrogen) atoms. The van der Waals surface area contributed by atoms with Crippen LogP contribution < -0.4 is 4.74 Å². The Morgan fingerprint density at radius 2 is 1.88 bits per heavy atom. The van der Waals surface area contributed by atoms with Gasteiger partial charge in [-0.1, -0.05) is 48.2 Å². The predicted molar refractivity (Wildman–Crippen MR) is 125 cm³/mol. The molecular formula is C24H26N4O3S. The maximum absolute atomic E-state index is 13.5. The van der Waals surface area contributed by atoms with E-state index in [1.807, 2.05) is 70.1 Å². The molecule has 0 N–H and O–H groups in total. The van der Waals surface area contributed by atoms with Crippen molar-refractivity contribution < 1.29 is 14.3 Å². The molecule has 0 aliphatic carbocycles. The molecule has 1 aliphatic heterocycles. The summed E-state index contributed by atoms with van der Waals surface area (Å²) in [6, 6.07) is 17.5. The molecule has 166 valence electrons. The van der Waals surface area contributed by atoms with Gasteiger partial charge in [-0.2, -0.15) is 0 Å². The van der Waals surface area contributed by atoms with E-state index < -0.39 is 5.25 Å². The fourth-order valence-electron chi connectivity index (χ4n) is 3.57. The Hall–Kier alpha value is -3.10. The van der Waals surface area contributed by atoms with E-state index in [1.165, 1.54) is 11.8 Å². The standard InChI is InChI=1S/C24H26N4O3S/c1-3-13-28-22(19-9-11-20(30-2)12-10-19)25-26-24(28)32-21(18-7-5-4-6-8-18)23(29)27-14-16-31-17-15-27/h3-12,21H,1,13-17H2,2H3. The summed E-state index contributed by atoms with van der Waals surface area (Å²) >= 11 is 1.42. The lowest BCUT2D eigenvalue weighted by Gasteiger charge is -2.30. The maximum atomic E-state index is 13.5. The average molecular weight is 451 g/mol. The van der Waals surface area contributed by atoms with Crippen molar-refractivity contribution in [2.45, 2.75) is 17.0 Å². The molecule has 1 unspecified atom stereocenters. The number of morpholine rings is 1. The van der Waals surface area contributed by atoms with Crippen LogP contribution in [-0.4, -0.2) is 59.0 Å². The molecular weight excluding hydrogens is 424 g/mol. The summed E-state index contributed by atoms with van der Waals surface area (Å²) in [7, 11) is 1.64. The van der Waals surface area contributed by atoms with E-state index in [2.05, 4.69) is 16.8 Å². The molecule has 1 atom stereocenters. The van der Waals surface area contributed by atoms with Crippen LogP contribution in [0.2, 0.25) is 0 Å². The summed E-state index contributed by atoms with van der Waals surface area (Å²) < 4.78 is 12.7. The van der Waals surface area contributed by atoms with Crippen LogP contribution in [0.4, 0.5) is 0 Å². The number of allylic oxidation sites excluding steroid dienone is 1. The third-order valence-electron chi connectivity index (χ3n) is 5.25. The number of methoxy groups -OCH3 is 1. The third kappa shape index (κ3) is 4.87. The summed E-state index contributed by atoms with van der Waals surface area (Å²) in [6.45, 7) is 6.74. The first-order chi connectivity index (χ1) is 15.7. The minimum atomic E-state index is -0.425. The zero-order valence-electron chi connectivity index (χ0n) is 18.0. The Bertz CT molecular complexity index is 1050. The Labute approximate surface area is 192 Å². The molecule has 2 aromatic carbocycles. The van der Waals surface area contributed by atoms with Crippen molar-refractivity contribution >= 4 is 17.7 Å². The van der Waals surface area contributed by atoms with Gasteiger partial charge in [-0.3, -0.25) is 9.36 Å². The molecule has 8 heteroatoms. The molecule has 2 heterocycles. The molecule has 0 bridgehead atoms. The van der Waals surface area contributed by atoms with E-state index in [0.717, 1.165) is 22.7 Å². The summed E-state index contributed by atoms with van der Waals surface area (Å²) in [4.78, 5) is 15.3. The van der Waals surface area contributed by atoms with Gasteiger partial charge in [0.2, 0.25) is 5.91 Å². The summed E-state index contributed by atoms with van der Waals surface area (Å²) in [5.74, 6) is 1.56. The second-order valence-electron chi connectivity index (χ2n) is 7.28. The number of benzene rings is 2. The number of hydrogen-bond acceptors (Lipinski definition) is 6. The maximum Gasteiger partial charge on any atom is 0.240 e. The molecule has 1 aliphatic rings. The van der Waals surface area contributed by atoms with Gasteiger partial charge in [0, 0.05) is 25.2 Å². The summed E-state index contributed by atoms with van der Waals surface area (Å²) in [5, 5.41) is 9.13. The van der Waals surface area contributed by atoms with Crippen LogP contribution >= 0.6 is 11.8 Å². The van der Waals surface area contributed by atoms with Gasteiger partial charge < -0.3 is 14.4 Å². The van der Waals surface area contributed by atoms with Gasteiger partial charge in [0.1, 0.15) is 11.0 Å². The molecule has 1 amide bonds. The number of carbonyl (C=O) groups excluding carboxylic acids is 1. The minimum absolute atomic E-state index is 0.0589. The van der Waals surface area contributed by atoms with Crippen molar-refractivity contribution in [1.82, 2.24) is 19.7 Å². The lowest BCUT2D eigenvalue weighted by atomic mass is 10.1. The number of carbonyl (C=O) groups is 1. The van der Waals surface area contributed by atoms with Crippen molar-refractivity contribution in [3.8, 4) is 17.1 Å². The van der Waals surface area contributed by atoms with Crippen LogP contribution in [0.3, 0.4) is 0 Å². The molecule has 0 spiro atoms. The lowest BCUT2D eigenvalue weighted by Crippen LogP contribution is -2.42. The number of ether oxygens (including phenoxy) is 2. The smallest absolute Gasteiger partial charge is 0.240 e. The van der Waals surface area contributed by atoms with Gasteiger partial charge in [0.05, 0.1) is 20.3 Å². The van der Waals surface area contributed by atoms with Gasteiger partial charge in [-0.05, 0) is 29.8 Å². The second kappa shape index (κ2) is 10.5. The highest BCUT2D eigenvalue weighted by atomic mass is 32.2. The Morgan fingerprint density at radius 3 is 2.53 bits per heavy atom. The first-order valence-corrected chi connectivity index (χ1v) is 11.4. The van der Waals surface area contributed by atoms with Crippen LogP contribution in [0, 0.1) is 0 Å². The van der Waals surface area contributed by atoms with Gasteiger partial charge in [0.15, 0.2) is 11.0 Å². The topological polar surface area (TPSA) is 69.5 Å². The molecule has 4 rings (SSSR count). The molecule has 7 nitrogen and oxygen atoms in total. The number of rotatable bonds is 8. The zero-order chi connectivity index (χ0) is 22.3. The zero-order valence-corrected chi connectivity index (χ0v) is 18.8. The molecule has 0 radical (unpaired) electrons. The fraction of sp³-hybridized carbons (Fsp3) is 0.292. The van der Waals surface area contributed by atoms with Crippen LogP contribution in [0.15, 0.2) is 72.4 Å². The highest BCUT2D eigenvalue weighted by molar-refractivity contribution is 8.00. The van der Waals surface area contributed by atoms with Gasteiger partial charge in [0.25, 0.3) is 0 Å². The highest BCUT2D eigenvalue weighted by Gasteiger charge is 2.30. The minimum Gasteiger partial charge on any atom is -0.497 e. The van der Waals surface area contributed by atoms with Gasteiger partial charge >= 0.3 is 0 Å². The van der Waals surface area contributed by atoms with Crippen molar-refractivity contribution in [3.63, 3.8) is 0 Å². The predicted octanol–water partition coefficient (Wildman–Crippen LogP) is 3.83. The Morgan fingerprint density at radius 1 is 1.16 bits per heavy atom. The molecule has 1 aromatic heterocycles. The SMILES string of the molecule is C=CCn1c(SC(C(=O)N2CCOCC2)c2ccccc2)nnc1-c1ccc(OC)cc1. The largest absolute Gasteiger partial charge is 0.497 e. The highest BCUT2D eigenvalue weighted by Crippen LogP contribution is 2.37. The van der Waals surface area contributed by atoms with Crippen molar-refractivity contribution in [1.29, 1.82) is 0 Å². The fourth-order valence-corrected chi connectivity index (χ4v) is 4.70. The Balaban J connectivity index is 1.67. The van der Waals surface area contributed by atoms with E-state index >= 15 is 0 Å². The number of nitrogens with zero attached hydrogens (tertiary/aromatic N) is 4. The van der Waals surface area contributed by atoms with Crippen molar-refractivity contribution in [2.75, 3.05) is 33.4 Å². The van der Waals surface area contributed by atoms with E-state index in [1.54, 1.807) is 7.11 Å². The van der Waals surface area contributed by atoms with E-state index in [4.69, 9.17) is 9.47 Å². The third-order valence-corrected chi connectivity index (χ3v) is 6.47. The van der Waals surface area contributed by atoms with E-state index in [0.29, 0.717) is 38.0 Å². The van der Waals surface area contributed by atoms with Crippen LogP contribution in [0.5, 0.6) is 5.75 Å². The van der Waals surface area contributed by atoms with Gasteiger partial charge in [-0.25, -0.2) is 0 Å². The van der Waals surface area contributed by atoms with Crippen LogP contribution in [0.1, 0.15) is 10.8 Å². The van der Waals surface area contributed by atoms with Crippen LogP contribution in [0.25, 0.3) is 11.4 Å². The summed E-state index contributed by atoms with van der Waals surface area (Å²) in [6.07, 6.45) is 1.81. The first-order valence-electron chi connectivity index (χ1n) is 10.5. The van der Waals surface area contributed by atoms with E-state index in [9.17, 15) is 4.79 Å². The van der Waals surface area contributed by atoms with Crippen molar-refractivity contribution in [3.05, 3.63) is 72.8 Å². The van der Waals surface area contributed by atoms with E-state index in [-0.39, 0.29) is 5.91 Å². The quantitative estimate of drug-likeness (QED) is 0.384.